The number of carbonyl (C=O) groups is 1. The molecular weight excluding hydrogens is 267 g/mol. The van der Waals surface area contributed by atoms with E-state index < -0.39 is 0 Å². The summed E-state index contributed by atoms with van der Waals surface area (Å²) < 4.78 is 12.8. The highest BCUT2D eigenvalue weighted by Crippen LogP contribution is 2.31. The van der Waals surface area contributed by atoms with Gasteiger partial charge in [-0.3, -0.25) is 4.79 Å². The SMILES string of the molecule is O=C(CC1CCN(C2CC2)CC1)NCc1ccc(F)cc1. The predicted octanol–water partition coefficient (Wildman–Crippen LogP) is 2.71. The molecule has 1 N–H and O–H groups in total. The number of nitrogens with zero attached hydrogens (tertiary/aromatic N) is 1. The zero-order valence-corrected chi connectivity index (χ0v) is 12.4. The molecule has 3 rings (SSSR count). The van der Waals surface area contributed by atoms with E-state index in [1.807, 2.05) is 0 Å². The van der Waals surface area contributed by atoms with Crippen molar-refractivity contribution in [3.05, 3.63) is 35.6 Å². The summed E-state index contributed by atoms with van der Waals surface area (Å²) in [4.78, 5) is 14.6. The van der Waals surface area contributed by atoms with Crippen LogP contribution in [-0.4, -0.2) is 29.9 Å². The number of amides is 1. The highest BCUT2D eigenvalue weighted by Gasteiger charge is 2.32. The van der Waals surface area contributed by atoms with Gasteiger partial charge in [0.15, 0.2) is 0 Å². The average Bonchev–Trinajstić information content (AvgIpc) is 3.32. The van der Waals surface area contributed by atoms with Crippen LogP contribution in [0.3, 0.4) is 0 Å². The fourth-order valence-corrected chi connectivity index (χ4v) is 3.10. The third kappa shape index (κ3) is 4.27. The number of benzene rings is 1. The van der Waals surface area contributed by atoms with Crippen LogP contribution in [0.1, 0.15) is 37.7 Å². The van der Waals surface area contributed by atoms with E-state index in [0.29, 0.717) is 18.9 Å². The molecule has 3 nitrogen and oxygen atoms in total. The Labute approximate surface area is 125 Å². The molecule has 114 valence electrons. The van der Waals surface area contributed by atoms with Crippen molar-refractivity contribution >= 4 is 5.91 Å². The van der Waals surface area contributed by atoms with Crippen molar-refractivity contribution in [3.63, 3.8) is 0 Å². The minimum Gasteiger partial charge on any atom is -0.352 e. The van der Waals surface area contributed by atoms with Crippen molar-refractivity contribution in [3.8, 4) is 0 Å². The topological polar surface area (TPSA) is 32.3 Å². The van der Waals surface area contributed by atoms with E-state index in [1.54, 1.807) is 12.1 Å². The Hall–Kier alpha value is -1.42. The predicted molar refractivity (Wildman–Crippen MR) is 80.2 cm³/mol. The zero-order chi connectivity index (χ0) is 14.7. The summed E-state index contributed by atoms with van der Waals surface area (Å²) in [6, 6.07) is 7.12. The molecule has 0 atom stereocenters. The number of rotatable bonds is 5. The molecule has 0 aromatic heterocycles. The Balaban J connectivity index is 1.37. The van der Waals surface area contributed by atoms with Crippen LogP contribution < -0.4 is 5.32 Å². The summed E-state index contributed by atoms with van der Waals surface area (Å²) in [5, 5.41) is 2.94. The monoisotopic (exact) mass is 290 g/mol. The fraction of sp³-hybridized carbons (Fsp3) is 0.588. The second-order valence-electron chi connectivity index (χ2n) is 6.32. The lowest BCUT2D eigenvalue weighted by atomic mass is 9.93. The summed E-state index contributed by atoms with van der Waals surface area (Å²) >= 11 is 0. The average molecular weight is 290 g/mol. The minimum atomic E-state index is -0.243. The molecule has 0 spiro atoms. The standard InChI is InChI=1S/C17H23FN2O/c18-15-3-1-14(2-4-15)12-19-17(21)11-13-7-9-20(10-8-13)16-5-6-16/h1-4,13,16H,5-12H2,(H,19,21). The van der Waals surface area contributed by atoms with Gasteiger partial charge in [-0.05, 0) is 62.4 Å². The Morgan fingerprint density at radius 2 is 1.81 bits per heavy atom. The first kappa shape index (κ1) is 14.5. The summed E-state index contributed by atoms with van der Waals surface area (Å²) in [5.74, 6) is 0.393. The van der Waals surface area contributed by atoms with Gasteiger partial charge in [0.25, 0.3) is 0 Å². The van der Waals surface area contributed by atoms with Crippen molar-refractivity contribution in [1.29, 1.82) is 0 Å². The van der Waals surface area contributed by atoms with Gasteiger partial charge in [-0.1, -0.05) is 12.1 Å². The number of likely N-dealkylation sites (tertiary alicyclic amines) is 1. The number of piperidine rings is 1. The van der Waals surface area contributed by atoms with E-state index in [2.05, 4.69) is 10.2 Å². The first-order valence-corrected chi connectivity index (χ1v) is 7.96. The second-order valence-corrected chi connectivity index (χ2v) is 6.32. The Morgan fingerprint density at radius 1 is 1.14 bits per heavy atom. The van der Waals surface area contributed by atoms with Gasteiger partial charge in [-0.15, -0.1) is 0 Å². The molecule has 1 saturated carbocycles. The van der Waals surface area contributed by atoms with E-state index in [0.717, 1.165) is 37.5 Å². The number of halogens is 1. The highest BCUT2D eigenvalue weighted by molar-refractivity contribution is 5.76. The van der Waals surface area contributed by atoms with E-state index in [9.17, 15) is 9.18 Å². The van der Waals surface area contributed by atoms with Crippen LogP contribution in [0.25, 0.3) is 0 Å². The molecule has 1 aliphatic carbocycles. The number of hydrogen-bond donors (Lipinski definition) is 1. The fourth-order valence-electron chi connectivity index (χ4n) is 3.10. The molecule has 0 bridgehead atoms. The molecular formula is C17H23FN2O. The highest BCUT2D eigenvalue weighted by atomic mass is 19.1. The Bertz CT molecular complexity index is 476. The quantitative estimate of drug-likeness (QED) is 0.904. The van der Waals surface area contributed by atoms with Crippen LogP contribution in [-0.2, 0) is 11.3 Å². The molecule has 1 amide bonds. The van der Waals surface area contributed by atoms with Crippen LogP contribution in [0, 0.1) is 11.7 Å². The summed E-state index contributed by atoms with van der Waals surface area (Å²) in [5.41, 5.74) is 0.938. The largest absolute Gasteiger partial charge is 0.352 e. The minimum absolute atomic E-state index is 0.115. The molecule has 2 fully saturated rings. The van der Waals surface area contributed by atoms with Gasteiger partial charge in [0.05, 0.1) is 0 Å². The summed E-state index contributed by atoms with van der Waals surface area (Å²) in [6.45, 7) is 2.79. The van der Waals surface area contributed by atoms with Gasteiger partial charge in [0, 0.05) is 19.0 Å². The molecule has 1 aromatic carbocycles. The Morgan fingerprint density at radius 3 is 2.43 bits per heavy atom. The van der Waals surface area contributed by atoms with Gasteiger partial charge in [-0.2, -0.15) is 0 Å². The van der Waals surface area contributed by atoms with E-state index >= 15 is 0 Å². The van der Waals surface area contributed by atoms with Gasteiger partial charge < -0.3 is 10.2 Å². The number of nitrogens with one attached hydrogen (secondary N) is 1. The summed E-state index contributed by atoms with van der Waals surface area (Å²) in [7, 11) is 0. The van der Waals surface area contributed by atoms with E-state index in [1.165, 1.54) is 25.0 Å². The van der Waals surface area contributed by atoms with Crippen LogP contribution >= 0.6 is 0 Å². The van der Waals surface area contributed by atoms with E-state index in [4.69, 9.17) is 0 Å². The van der Waals surface area contributed by atoms with Crippen LogP contribution in [0.4, 0.5) is 4.39 Å². The maximum absolute atomic E-state index is 12.8. The van der Waals surface area contributed by atoms with Gasteiger partial charge >= 0.3 is 0 Å². The third-order valence-corrected chi connectivity index (χ3v) is 4.59. The first-order valence-electron chi connectivity index (χ1n) is 7.96. The molecule has 1 aromatic rings. The van der Waals surface area contributed by atoms with Gasteiger partial charge in [0.2, 0.25) is 5.91 Å². The number of carbonyl (C=O) groups excluding carboxylic acids is 1. The molecule has 2 aliphatic rings. The summed E-state index contributed by atoms with van der Waals surface area (Å²) in [6.07, 6.45) is 5.63. The van der Waals surface area contributed by atoms with E-state index in [-0.39, 0.29) is 11.7 Å². The molecule has 0 unspecified atom stereocenters. The normalized spacial score (nSPS) is 20.4. The van der Waals surface area contributed by atoms with Gasteiger partial charge in [-0.25, -0.2) is 4.39 Å². The van der Waals surface area contributed by atoms with Crippen molar-refractivity contribution < 1.29 is 9.18 Å². The van der Waals surface area contributed by atoms with Crippen LogP contribution in [0.2, 0.25) is 0 Å². The zero-order valence-electron chi connectivity index (χ0n) is 12.4. The second kappa shape index (κ2) is 6.56. The molecule has 0 radical (unpaired) electrons. The molecule has 1 saturated heterocycles. The number of hydrogen-bond acceptors (Lipinski definition) is 2. The molecule has 21 heavy (non-hydrogen) atoms. The first-order chi connectivity index (χ1) is 10.2. The maximum Gasteiger partial charge on any atom is 0.220 e. The van der Waals surface area contributed by atoms with Crippen molar-refractivity contribution in [2.45, 2.75) is 44.7 Å². The van der Waals surface area contributed by atoms with Crippen molar-refractivity contribution in [1.82, 2.24) is 10.2 Å². The smallest absolute Gasteiger partial charge is 0.220 e. The molecule has 4 heteroatoms. The Kier molecular flexibility index (Phi) is 4.54. The van der Waals surface area contributed by atoms with Crippen molar-refractivity contribution in [2.24, 2.45) is 5.92 Å². The van der Waals surface area contributed by atoms with Crippen molar-refractivity contribution in [2.75, 3.05) is 13.1 Å². The maximum atomic E-state index is 12.8. The molecule has 1 heterocycles. The molecule has 1 aliphatic heterocycles. The van der Waals surface area contributed by atoms with Crippen LogP contribution in [0.5, 0.6) is 0 Å². The van der Waals surface area contributed by atoms with Crippen LogP contribution in [0.15, 0.2) is 24.3 Å². The third-order valence-electron chi connectivity index (χ3n) is 4.59. The lowest BCUT2D eigenvalue weighted by Gasteiger charge is -2.31. The lowest BCUT2D eigenvalue weighted by Crippen LogP contribution is -2.37. The lowest BCUT2D eigenvalue weighted by molar-refractivity contribution is -0.122. The van der Waals surface area contributed by atoms with Gasteiger partial charge in [0.1, 0.15) is 5.82 Å².